The number of amides is 1. The Balaban J connectivity index is 1.65. The molecule has 3 heterocycles. The van der Waals surface area contributed by atoms with E-state index in [9.17, 15) is 4.79 Å². The zero-order valence-corrected chi connectivity index (χ0v) is 20.2. The van der Waals surface area contributed by atoms with Gasteiger partial charge in [-0.2, -0.15) is 0 Å². The predicted molar refractivity (Wildman–Crippen MR) is 132 cm³/mol. The van der Waals surface area contributed by atoms with Gasteiger partial charge in [0.2, 0.25) is 5.91 Å². The zero-order valence-electron chi connectivity index (χ0n) is 17.9. The summed E-state index contributed by atoms with van der Waals surface area (Å²) >= 11 is 13.3. The number of aromatic nitrogens is 5. The Labute approximate surface area is 205 Å². The number of para-hydroxylation sites is 1. The van der Waals surface area contributed by atoms with Crippen molar-refractivity contribution < 1.29 is 4.79 Å². The Kier molecular flexibility index (Phi) is 7.27. The number of carbonyl (C=O) groups is 1. The molecule has 3 aromatic heterocycles. The first-order valence-corrected chi connectivity index (χ1v) is 11.9. The molecule has 0 atom stereocenters. The molecule has 10 heteroatoms. The van der Waals surface area contributed by atoms with E-state index in [2.05, 4.69) is 45.4 Å². The van der Waals surface area contributed by atoms with Gasteiger partial charge in [-0.1, -0.05) is 67.0 Å². The van der Waals surface area contributed by atoms with Crippen LogP contribution >= 0.6 is 35.0 Å². The summed E-state index contributed by atoms with van der Waals surface area (Å²) in [5, 5.41) is 12.8. The molecule has 168 valence electrons. The fraction of sp³-hybridized carbons (Fsp3) is 0.174. The molecule has 0 saturated carbocycles. The average Bonchev–Trinajstić information content (AvgIpc) is 3.24. The van der Waals surface area contributed by atoms with Gasteiger partial charge in [0.05, 0.1) is 21.5 Å². The molecule has 0 aliphatic carbocycles. The number of anilines is 1. The molecule has 1 amide bonds. The molecule has 0 bridgehead atoms. The van der Waals surface area contributed by atoms with Crippen molar-refractivity contribution in [2.45, 2.75) is 24.9 Å². The summed E-state index contributed by atoms with van der Waals surface area (Å²) < 4.78 is 1.97. The number of rotatable bonds is 7. The minimum absolute atomic E-state index is 0.0929. The second kappa shape index (κ2) is 10.3. The largest absolute Gasteiger partial charge is 0.309 e. The number of benzene rings is 1. The lowest BCUT2D eigenvalue weighted by Crippen LogP contribution is -2.16. The number of halogens is 2. The fourth-order valence-corrected chi connectivity index (χ4v) is 4.42. The lowest BCUT2D eigenvalue weighted by atomic mass is 10.0. The molecule has 0 fully saturated rings. The highest BCUT2D eigenvalue weighted by Gasteiger charge is 2.20. The second-order valence-corrected chi connectivity index (χ2v) is 9.20. The van der Waals surface area contributed by atoms with Crippen molar-refractivity contribution in [3.05, 3.63) is 76.7 Å². The number of nitrogens with one attached hydrogen (secondary N) is 1. The smallest absolute Gasteiger partial charge is 0.236 e. The maximum absolute atomic E-state index is 12.6. The van der Waals surface area contributed by atoms with Crippen molar-refractivity contribution >= 4 is 46.7 Å². The van der Waals surface area contributed by atoms with Crippen molar-refractivity contribution in [1.29, 1.82) is 0 Å². The van der Waals surface area contributed by atoms with Crippen LogP contribution in [0, 0.1) is 0 Å². The van der Waals surface area contributed by atoms with Crippen LogP contribution in [0.3, 0.4) is 0 Å². The van der Waals surface area contributed by atoms with Gasteiger partial charge in [-0.05, 0) is 35.7 Å². The summed E-state index contributed by atoms with van der Waals surface area (Å²) in [6.07, 6.45) is 4.88. The van der Waals surface area contributed by atoms with E-state index in [1.807, 2.05) is 34.9 Å². The minimum atomic E-state index is -0.272. The van der Waals surface area contributed by atoms with Crippen molar-refractivity contribution in [2.75, 3.05) is 11.1 Å². The van der Waals surface area contributed by atoms with Gasteiger partial charge < -0.3 is 5.32 Å². The molecular weight excluding hydrogens is 479 g/mol. The topological polar surface area (TPSA) is 85.6 Å². The van der Waals surface area contributed by atoms with Gasteiger partial charge in [0.25, 0.3) is 0 Å². The molecule has 1 aromatic carbocycles. The third-order valence-electron chi connectivity index (χ3n) is 4.75. The Morgan fingerprint density at radius 2 is 1.94 bits per heavy atom. The number of thioether (sulfide) groups is 1. The van der Waals surface area contributed by atoms with Gasteiger partial charge in [0, 0.05) is 24.2 Å². The summed E-state index contributed by atoms with van der Waals surface area (Å²) in [5.41, 5.74) is 2.93. The van der Waals surface area contributed by atoms with Crippen LogP contribution in [0.4, 0.5) is 5.82 Å². The molecule has 0 saturated heterocycles. The molecule has 0 radical (unpaired) electrons. The van der Waals surface area contributed by atoms with Crippen LogP contribution in [-0.4, -0.2) is 36.4 Å². The highest BCUT2D eigenvalue weighted by Crippen LogP contribution is 2.32. The first-order chi connectivity index (χ1) is 15.9. The van der Waals surface area contributed by atoms with Gasteiger partial charge in [-0.3, -0.25) is 14.3 Å². The maximum atomic E-state index is 12.6. The standard InChI is InChI=1S/C23H20Cl2N6OS/c1-14(2)17-7-3-4-8-19(17)31-22(15-6-5-9-26-11-15)29-30-23(31)33-13-20(32)28-21-18(25)10-16(24)12-27-21/h3-12,14H,13H2,1-2H3,(H,27,28,32). The van der Waals surface area contributed by atoms with E-state index in [1.165, 1.54) is 24.0 Å². The lowest BCUT2D eigenvalue weighted by Gasteiger charge is -2.16. The van der Waals surface area contributed by atoms with Crippen LogP contribution in [0.1, 0.15) is 25.3 Å². The van der Waals surface area contributed by atoms with Gasteiger partial charge in [0.1, 0.15) is 0 Å². The second-order valence-electron chi connectivity index (χ2n) is 7.42. The molecule has 7 nitrogen and oxygen atoms in total. The van der Waals surface area contributed by atoms with Crippen LogP contribution in [0.5, 0.6) is 0 Å². The van der Waals surface area contributed by atoms with E-state index in [4.69, 9.17) is 23.2 Å². The summed E-state index contributed by atoms with van der Waals surface area (Å²) in [6, 6.07) is 13.4. The first kappa shape index (κ1) is 23.2. The molecule has 0 unspecified atom stereocenters. The van der Waals surface area contributed by atoms with E-state index in [0.29, 0.717) is 16.0 Å². The Bertz CT molecular complexity index is 1280. The predicted octanol–water partition coefficient (Wildman–Crippen LogP) is 5.89. The summed E-state index contributed by atoms with van der Waals surface area (Å²) in [6.45, 7) is 4.27. The lowest BCUT2D eigenvalue weighted by molar-refractivity contribution is -0.113. The maximum Gasteiger partial charge on any atom is 0.236 e. The van der Waals surface area contributed by atoms with Gasteiger partial charge >= 0.3 is 0 Å². The van der Waals surface area contributed by atoms with Crippen molar-refractivity contribution in [3.63, 3.8) is 0 Å². The van der Waals surface area contributed by atoms with E-state index >= 15 is 0 Å². The first-order valence-electron chi connectivity index (χ1n) is 10.1. The number of pyridine rings is 2. The molecule has 1 N–H and O–H groups in total. The Morgan fingerprint density at radius 3 is 2.67 bits per heavy atom. The van der Waals surface area contributed by atoms with Crippen LogP contribution in [0.2, 0.25) is 10.0 Å². The van der Waals surface area contributed by atoms with Gasteiger partial charge in [-0.25, -0.2) is 4.98 Å². The van der Waals surface area contributed by atoms with Crippen LogP contribution in [0.25, 0.3) is 17.1 Å². The zero-order chi connectivity index (χ0) is 23.4. The van der Waals surface area contributed by atoms with E-state index < -0.39 is 0 Å². The van der Waals surface area contributed by atoms with Crippen LogP contribution < -0.4 is 5.32 Å². The fourth-order valence-electron chi connectivity index (χ4n) is 3.25. The third kappa shape index (κ3) is 5.35. The van der Waals surface area contributed by atoms with Gasteiger partial charge in [-0.15, -0.1) is 10.2 Å². The van der Waals surface area contributed by atoms with E-state index in [0.717, 1.165) is 16.8 Å². The van der Waals surface area contributed by atoms with Crippen LogP contribution in [-0.2, 0) is 4.79 Å². The van der Waals surface area contributed by atoms with Crippen molar-refractivity contribution in [1.82, 2.24) is 24.7 Å². The van der Waals surface area contributed by atoms with Crippen LogP contribution in [0.15, 0.2) is 66.2 Å². The van der Waals surface area contributed by atoms with E-state index in [1.54, 1.807) is 12.4 Å². The monoisotopic (exact) mass is 498 g/mol. The summed E-state index contributed by atoms with van der Waals surface area (Å²) in [4.78, 5) is 20.9. The molecule has 33 heavy (non-hydrogen) atoms. The molecule has 0 aliphatic rings. The molecule has 0 aliphatic heterocycles. The molecule has 4 rings (SSSR count). The summed E-state index contributed by atoms with van der Waals surface area (Å²) in [7, 11) is 0. The number of hydrogen-bond donors (Lipinski definition) is 1. The third-order valence-corrected chi connectivity index (χ3v) is 6.17. The Hall–Kier alpha value is -2.94. The quantitative estimate of drug-likeness (QED) is 0.320. The highest BCUT2D eigenvalue weighted by molar-refractivity contribution is 7.99. The minimum Gasteiger partial charge on any atom is -0.309 e. The van der Waals surface area contributed by atoms with Crippen molar-refractivity contribution in [2.24, 2.45) is 0 Å². The van der Waals surface area contributed by atoms with Gasteiger partial charge in [0.15, 0.2) is 16.8 Å². The van der Waals surface area contributed by atoms with Crippen molar-refractivity contribution in [3.8, 4) is 17.1 Å². The average molecular weight is 499 g/mol. The molecular formula is C23H20Cl2N6OS. The Morgan fingerprint density at radius 1 is 1.12 bits per heavy atom. The number of nitrogens with zero attached hydrogens (tertiary/aromatic N) is 5. The normalized spacial score (nSPS) is 11.1. The SMILES string of the molecule is CC(C)c1ccccc1-n1c(SCC(=O)Nc2ncc(Cl)cc2Cl)nnc1-c1cccnc1. The number of hydrogen-bond acceptors (Lipinski definition) is 6. The highest BCUT2D eigenvalue weighted by atomic mass is 35.5. The molecule has 0 spiro atoms. The van der Waals surface area contributed by atoms with E-state index in [-0.39, 0.29) is 28.4 Å². The molecule has 4 aromatic rings. The number of carbonyl (C=O) groups excluding carboxylic acids is 1. The summed E-state index contributed by atoms with van der Waals surface area (Å²) in [5.74, 6) is 1.02.